The van der Waals surface area contributed by atoms with Gasteiger partial charge in [0.1, 0.15) is 5.82 Å². The fourth-order valence-corrected chi connectivity index (χ4v) is 4.13. The summed E-state index contributed by atoms with van der Waals surface area (Å²) in [5.74, 6) is -0.612. The highest BCUT2D eigenvalue weighted by Gasteiger charge is 2.42. The first-order chi connectivity index (χ1) is 14.9. The van der Waals surface area contributed by atoms with E-state index < -0.39 is 5.82 Å². The number of aromatic nitrogens is 1. The molecular formula is C25H26FNO4. The zero-order valence-corrected chi connectivity index (χ0v) is 17.8. The predicted octanol–water partition coefficient (Wildman–Crippen LogP) is 3.66. The number of hydrogen-bond donors (Lipinski definition) is 0. The minimum Gasteiger partial charge on any atom is -0.462 e. The molecule has 1 aromatic heterocycles. The molecule has 1 fully saturated rings. The maximum absolute atomic E-state index is 13.4. The summed E-state index contributed by atoms with van der Waals surface area (Å²) in [5, 5.41) is 0. The van der Waals surface area contributed by atoms with Gasteiger partial charge in [0.25, 0.3) is 5.56 Å². The fourth-order valence-electron chi connectivity index (χ4n) is 4.13. The molecule has 1 saturated heterocycles. The first-order valence-electron chi connectivity index (χ1n) is 10.5. The Morgan fingerprint density at radius 2 is 1.87 bits per heavy atom. The van der Waals surface area contributed by atoms with Crippen LogP contribution in [0.4, 0.5) is 4.39 Å². The van der Waals surface area contributed by atoms with Crippen molar-refractivity contribution < 1.29 is 18.7 Å². The van der Waals surface area contributed by atoms with Crippen LogP contribution in [0, 0.1) is 17.2 Å². The summed E-state index contributed by atoms with van der Waals surface area (Å²) in [6.45, 7) is 5.79. The largest absolute Gasteiger partial charge is 0.462 e. The number of rotatable bonds is 7. The number of carbonyl (C=O) groups is 1. The summed E-state index contributed by atoms with van der Waals surface area (Å²) in [7, 11) is 0. The smallest absolute Gasteiger partial charge is 0.338 e. The SMILES string of the molecule is CCOC(=O)C1=CC(Cc2ccc(Cn3cc(F)ccc3=O)cc2)C=C1C1(C)COC1. The van der Waals surface area contributed by atoms with Gasteiger partial charge in [-0.05, 0) is 36.1 Å². The van der Waals surface area contributed by atoms with Crippen LogP contribution in [0.15, 0.2) is 70.7 Å². The van der Waals surface area contributed by atoms with Gasteiger partial charge in [0.15, 0.2) is 0 Å². The molecule has 4 rings (SSSR count). The van der Waals surface area contributed by atoms with Crippen LogP contribution in [0.1, 0.15) is 25.0 Å². The van der Waals surface area contributed by atoms with Crippen LogP contribution in [-0.2, 0) is 27.2 Å². The first-order valence-corrected chi connectivity index (χ1v) is 10.5. The van der Waals surface area contributed by atoms with Crippen molar-refractivity contribution in [3.8, 4) is 0 Å². The van der Waals surface area contributed by atoms with Crippen LogP contribution in [-0.4, -0.2) is 30.4 Å². The van der Waals surface area contributed by atoms with Gasteiger partial charge in [-0.3, -0.25) is 4.79 Å². The third kappa shape index (κ3) is 4.54. The number of benzene rings is 1. The first kappa shape index (κ1) is 21.2. The van der Waals surface area contributed by atoms with E-state index in [0.29, 0.717) is 31.9 Å². The van der Waals surface area contributed by atoms with Crippen LogP contribution in [0.5, 0.6) is 0 Å². The minimum atomic E-state index is -0.435. The Balaban J connectivity index is 1.49. The molecule has 5 nitrogen and oxygen atoms in total. The van der Waals surface area contributed by atoms with E-state index in [1.807, 2.05) is 37.3 Å². The molecule has 162 valence electrons. The fraction of sp³-hybridized carbons (Fsp3) is 0.360. The predicted molar refractivity (Wildman–Crippen MR) is 115 cm³/mol. The minimum absolute atomic E-state index is 0.100. The monoisotopic (exact) mass is 423 g/mol. The van der Waals surface area contributed by atoms with Crippen LogP contribution in [0.2, 0.25) is 0 Å². The molecule has 6 heteroatoms. The van der Waals surface area contributed by atoms with Gasteiger partial charge in [0.2, 0.25) is 0 Å². The van der Waals surface area contributed by atoms with E-state index in [0.717, 1.165) is 23.1 Å². The number of allylic oxidation sites excluding steroid dienone is 2. The van der Waals surface area contributed by atoms with Crippen molar-refractivity contribution in [1.82, 2.24) is 4.57 Å². The summed E-state index contributed by atoms with van der Waals surface area (Å²) in [5.41, 5.74) is 3.33. The standard InChI is InChI=1S/C25H26FNO4/c1-3-31-24(29)21-11-19(12-22(21)25(2)15-30-16-25)10-17-4-6-18(7-5-17)13-27-14-20(26)8-9-23(27)28/h4-9,11-12,14,19H,3,10,13,15-16H2,1-2H3. The Bertz CT molecular complexity index is 1090. The third-order valence-electron chi connectivity index (χ3n) is 5.83. The molecule has 31 heavy (non-hydrogen) atoms. The molecule has 0 spiro atoms. The molecule has 1 aliphatic carbocycles. The highest BCUT2D eigenvalue weighted by Crippen LogP contribution is 2.43. The second-order valence-corrected chi connectivity index (χ2v) is 8.43. The Morgan fingerprint density at radius 1 is 1.16 bits per heavy atom. The van der Waals surface area contributed by atoms with Crippen molar-refractivity contribution in [2.75, 3.05) is 19.8 Å². The number of pyridine rings is 1. The summed E-state index contributed by atoms with van der Waals surface area (Å²) in [6, 6.07) is 10.3. The van der Waals surface area contributed by atoms with Crippen LogP contribution < -0.4 is 5.56 Å². The second kappa shape index (κ2) is 8.63. The van der Waals surface area contributed by atoms with Crippen molar-refractivity contribution in [2.45, 2.75) is 26.8 Å². The van der Waals surface area contributed by atoms with Crippen LogP contribution >= 0.6 is 0 Å². The lowest BCUT2D eigenvalue weighted by molar-refractivity contribution is -0.138. The number of halogens is 1. The molecule has 0 saturated carbocycles. The van der Waals surface area contributed by atoms with Crippen molar-refractivity contribution in [1.29, 1.82) is 0 Å². The summed E-state index contributed by atoms with van der Waals surface area (Å²) in [4.78, 5) is 24.4. The summed E-state index contributed by atoms with van der Waals surface area (Å²) < 4.78 is 25.4. The van der Waals surface area contributed by atoms with E-state index in [9.17, 15) is 14.0 Å². The van der Waals surface area contributed by atoms with E-state index in [1.54, 1.807) is 0 Å². The number of nitrogens with zero attached hydrogens (tertiary/aromatic N) is 1. The molecule has 1 atom stereocenters. The second-order valence-electron chi connectivity index (χ2n) is 8.43. The lowest BCUT2D eigenvalue weighted by Gasteiger charge is -2.40. The van der Waals surface area contributed by atoms with Crippen LogP contribution in [0.3, 0.4) is 0 Å². The Hall–Kier alpha value is -2.99. The van der Waals surface area contributed by atoms with E-state index in [4.69, 9.17) is 9.47 Å². The molecular weight excluding hydrogens is 397 g/mol. The number of hydrogen-bond acceptors (Lipinski definition) is 4. The van der Waals surface area contributed by atoms with Crippen molar-refractivity contribution in [3.05, 3.63) is 93.2 Å². The maximum Gasteiger partial charge on any atom is 0.338 e. The molecule has 2 heterocycles. The summed E-state index contributed by atoms with van der Waals surface area (Å²) >= 11 is 0. The Labute approximate surface area is 180 Å². The molecule has 1 aliphatic heterocycles. The number of esters is 1. The Kier molecular flexibility index (Phi) is 5.92. The lowest BCUT2D eigenvalue weighted by atomic mass is 9.77. The van der Waals surface area contributed by atoms with Gasteiger partial charge in [-0.25, -0.2) is 9.18 Å². The average Bonchev–Trinajstić information content (AvgIpc) is 3.15. The zero-order chi connectivity index (χ0) is 22.0. The number of carbonyl (C=O) groups excluding carboxylic acids is 1. The summed E-state index contributed by atoms with van der Waals surface area (Å²) in [6.07, 6.45) is 6.13. The van der Waals surface area contributed by atoms with Gasteiger partial charge in [-0.2, -0.15) is 0 Å². The molecule has 2 aliphatic rings. The van der Waals surface area contributed by atoms with Gasteiger partial charge in [0, 0.05) is 23.6 Å². The third-order valence-corrected chi connectivity index (χ3v) is 5.83. The number of ether oxygens (including phenoxy) is 2. The lowest BCUT2D eigenvalue weighted by Crippen LogP contribution is -2.42. The molecule has 2 aromatic rings. The van der Waals surface area contributed by atoms with E-state index in [2.05, 4.69) is 13.0 Å². The quantitative estimate of drug-likeness (QED) is 0.638. The Morgan fingerprint density at radius 3 is 2.52 bits per heavy atom. The van der Waals surface area contributed by atoms with Crippen molar-refractivity contribution >= 4 is 5.97 Å². The van der Waals surface area contributed by atoms with Gasteiger partial charge in [0.05, 0.1) is 31.9 Å². The molecule has 0 radical (unpaired) electrons. The zero-order valence-electron chi connectivity index (χ0n) is 17.8. The molecule has 1 aromatic carbocycles. The van der Waals surface area contributed by atoms with Gasteiger partial charge in [-0.15, -0.1) is 0 Å². The normalized spacial score (nSPS) is 19.4. The molecule has 0 N–H and O–H groups in total. The topological polar surface area (TPSA) is 57.5 Å². The molecule has 1 unspecified atom stereocenters. The maximum atomic E-state index is 13.4. The van der Waals surface area contributed by atoms with Gasteiger partial charge < -0.3 is 14.0 Å². The highest BCUT2D eigenvalue weighted by atomic mass is 19.1. The van der Waals surface area contributed by atoms with Gasteiger partial charge >= 0.3 is 5.97 Å². The highest BCUT2D eigenvalue weighted by molar-refractivity contribution is 5.95. The molecule has 0 amide bonds. The van der Waals surface area contributed by atoms with E-state index in [1.165, 1.54) is 22.9 Å². The van der Waals surface area contributed by atoms with Crippen molar-refractivity contribution in [3.63, 3.8) is 0 Å². The van der Waals surface area contributed by atoms with Crippen LogP contribution in [0.25, 0.3) is 0 Å². The average molecular weight is 423 g/mol. The van der Waals surface area contributed by atoms with Gasteiger partial charge in [-0.1, -0.05) is 43.3 Å². The van der Waals surface area contributed by atoms with Crippen molar-refractivity contribution in [2.24, 2.45) is 11.3 Å². The van der Waals surface area contributed by atoms with E-state index in [-0.39, 0.29) is 22.9 Å². The molecule has 0 bridgehead atoms. The van der Waals surface area contributed by atoms with E-state index >= 15 is 0 Å².